The highest BCUT2D eigenvalue weighted by molar-refractivity contribution is 6.10. The van der Waals surface area contributed by atoms with Crippen LogP contribution in [-0.4, -0.2) is 25.1 Å². The van der Waals surface area contributed by atoms with Crippen LogP contribution >= 0.6 is 0 Å². The van der Waals surface area contributed by atoms with E-state index in [1.807, 2.05) is 24.3 Å². The number of phenolic OH excluding ortho intramolecular Hbond substituents is 1. The summed E-state index contributed by atoms with van der Waals surface area (Å²) in [4.78, 5) is 12.5. The molecule has 0 fully saturated rings. The molecule has 2 aromatic carbocycles. The predicted molar refractivity (Wildman–Crippen MR) is 90.4 cm³/mol. The zero-order valence-electron chi connectivity index (χ0n) is 13.5. The van der Waals surface area contributed by atoms with E-state index in [4.69, 9.17) is 9.47 Å². The van der Waals surface area contributed by atoms with Crippen molar-refractivity contribution in [1.82, 2.24) is 0 Å². The number of rotatable bonds is 6. The summed E-state index contributed by atoms with van der Waals surface area (Å²) >= 11 is 0. The Morgan fingerprint density at radius 2 is 1.91 bits per heavy atom. The molecule has 0 unspecified atom stereocenters. The number of aromatic hydroxyl groups is 1. The highest BCUT2D eigenvalue weighted by Crippen LogP contribution is 2.33. The van der Waals surface area contributed by atoms with Crippen molar-refractivity contribution in [2.75, 3.05) is 14.2 Å². The molecule has 4 nitrogen and oxygen atoms in total. The van der Waals surface area contributed by atoms with E-state index < -0.39 is 0 Å². The van der Waals surface area contributed by atoms with Gasteiger partial charge in [-0.05, 0) is 23.6 Å². The number of aryl methyl sites for hydroxylation is 1. The Balaban J connectivity index is 2.36. The average molecular weight is 312 g/mol. The summed E-state index contributed by atoms with van der Waals surface area (Å²) < 4.78 is 10.3. The van der Waals surface area contributed by atoms with Crippen molar-refractivity contribution in [2.45, 2.75) is 13.3 Å². The topological polar surface area (TPSA) is 55.8 Å². The van der Waals surface area contributed by atoms with Crippen LogP contribution in [0.2, 0.25) is 0 Å². The number of hydrogen-bond acceptors (Lipinski definition) is 4. The minimum atomic E-state index is -0.326. The van der Waals surface area contributed by atoms with Crippen LogP contribution in [0, 0.1) is 0 Å². The van der Waals surface area contributed by atoms with Crippen LogP contribution in [0.5, 0.6) is 17.2 Å². The molecule has 4 heteroatoms. The Morgan fingerprint density at radius 1 is 1.17 bits per heavy atom. The molecule has 0 bridgehead atoms. The zero-order valence-corrected chi connectivity index (χ0v) is 13.5. The summed E-state index contributed by atoms with van der Waals surface area (Å²) in [5.41, 5.74) is 2.26. The minimum absolute atomic E-state index is 0.124. The van der Waals surface area contributed by atoms with Gasteiger partial charge in [0.1, 0.15) is 22.8 Å². The molecule has 0 saturated heterocycles. The molecule has 0 saturated carbocycles. The van der Waals surface area contributed by atoms with Crippen LogP contribution in [0.15, 0.2) is 42.5 Å². The standard InChI is InChI=1S/C19H20O4/c1-4-13-7-5-6-8-14(13)9-10-16(20)19-17(21)11-15(22-2)12-18(19)23-3/h5-12,21H,4H2,1-3H3. The van der Waals surface area contributed by atoms with E-state index in [-0.39, 0.29) is 22.8 Å². The second-order valence-electron chi connectivity index (χ2n) is 4.97. The number of carbonyl (C=O) groups is 1. The maximum atomic E-state index is 12.5. The Bertz CT molecular complexity index is 732. The number of hydrogen-bond donors (Lipinski definition) is 1. The van der Waals surface area contributed by atoms with Crippen LogP contribution < -0.4 is 9.47 Å². The summed E-state index contributed by atoms with van der Waals surface area (Å²) in [5, 5.41) is 10.1. The Kier molecular flexibility index (Phi) is 5.41. The molecule has 0 aromatic heterocycles. The highest BCUT2D eigenvalue weighted by Gasteiger charge is 2.17. The summed E-state index contributed by atoms with van der Waals surface area (Å²) in [6.07, 6.45) is 4.08. The fourth-order valence-corrected chi connectivity index (χ4v) is 2.37. The second kappa shape index (κ2) is 7.49. The lowest BCUT2D eigenvalue weighted by molar-refractivity contribution is 0.104. The van der Waals surface area contributed by atoms with Crippen molar-refractivity contribution < 1.29 is 19.4 Å². The Morgan fingerprint density at radius 3 is 2.57 bits per heavy atom. The number of allylic oxidation sites excluding steroid dienone is 1. The van der Waals surface area contributed by atoms with E-state index in [9.17, 15) is 9.90 Å². The summed E-state index contributed by atoms with van der Waals surface area (Å²) in [7, 11) is 2.93. The van der Waals surface area contributed by atoms with Gasteiger partial charge in [0.05, 0.1) is 14.2 Å². The summed E-state index contributed by atoms with van der Waals surface area (Å²) in [5.74, 6) is 0.212. The molecule has 0 aliphatic rings. The van der Waals surface area contributed by atoms with Gasteiger partial charge in [-0.15, -0.1) is 0 Å². The van der Waals surface area contributed by atoms with Gasteiger partial charge in [0.2, 0.25) is 0 Å². The largest absolute Gasteiger partial charge is 0.507 e. The first kappa shape index (κ1) is 16.6. The van der Waals surface area contributed by atoms with Crippen molar-refractivity contribution in [3.63, 3.8) is 0 Å². The first-order chi connectivity index (χ1) is 11.1. The fraction of sp³-hybridized carbons (Fsp3) is 0.211. The third kappa shape index (κ3) is 3.72. The van der Waals surface area contributed by atoms with Crippen molar-refractivity contribution >= 4 is 11.9 Å². The first-order valence-electron chi connectivity index (χ1n) is 7.36. The van der Waals surface area contributed by atoms with Gasteiger partial charge in [-0.3, -0.25) is 4.79 Å². The van der Waals surface area contributed by atoms with Gasteiger partial charge < -0.3 is 14.6 Å². The van der Waals surface area contributed by atoms with Gasteiger partial charge in [-0.25, -0.2) is 0 Å². The monoisotopic (exact) mass is 312 g/mol. The SMILES string of the molecule is CCc1ccccc1C=CC(=O)c1c(O)cc(OC)cc1OC. The van der Waals surface area contributed by atoms with E-state index in [0.717, 1.165) is 17.5 Å². The van der Waals surface area contributed by atoms with Crippen LogP contribution in [0.25, 0.3) is 6.08 Å². The molecular formula is C19H20O4. The highest BCUT2D eigenvalue weighted by atomic mass is 16.5. The van der Waals surface area contributed by atoms with E-state index in [1.165, 1.54) is 26.4 Å². The second-order valence-corrected chi connectivity index (χ2v) is 4.97. The molecule has 0 amide bonds. The molecule has 1 N–H and O–H groups in total. The predicted octanol–water partition coefficient (Wildman–Crippen LogP) is 3.87. The van der Waals surface area contributed by atoms with Crippen LogP contribution in [-0.2, 0) is 6.42 Å². The van der Waals surface area contributed by atoms with Gasteiger partial charge >= 0.3 is 0 Å². The van der Waals surface area contributed by atoms with E-state index in [2.05, 4.69) is 6.92 Å². The molecular weight excluding hydrogens is 292 g/mol. The number of benzene rings is 2. The minimum Gasteiger partial charge on any atom is -0.507 e. The number of ether oxygens (including phenoxy) is 2. The van der Waals surface area contributed by atoms with Gasteiger partial charge in [0, 0.05) is 12.1 Å². The van der Waals surface area contributed by atoms with Gasteiger partial charge in [-0.2, -0.15) is 0 Å². The number of methoxy groups -OCH3 is 2. The average Bonchev–Trinajstić information content (AvgIpc) is 2.58. The number of carbonyl (C=O) groups excluding carboxylic acids is 1. The first-order valence-corrected chi connectivity index (χ1v) is 7.36. The third-order valence-electron chi connectivity index (χ3n) is 3.61. The molecule has 23 heavy (non-hydrogen) atoms. The normalized spacial score (nSPS) is 10.7. The number of ketones is 1. The smallest absolute Gasteiger partial charge is 0.193 e. The molecule has 0 aliphatic heterocycles. The van der Waals surface area contributed by atoms with Gasteiger partial charge in [-0.1, -0.05) is 37.3 Å². The lowest BCUT2D eigenvalue weighted by Gasteiger charge is -2.10. The summed E-state index contributed by atoms with van der Waals surface area (Å²) in [6, 6.07) is 10.8. The number of phenols is 1. The molecule has 2 aromatic rings. The van der Waals surface area contributed by atoms with Crippen molar-refractivity contribution in [3.05, 3.63) is 59.2 Å². The fourth-order valence-electron chi connectivity index (χ4n) is 2.37. The third-order valence-corrected chi connectivity index (χ3v) is 3.61. The maximum Gasteiger partial charge on any atom is 0.193 e. The Labute approximate surface area is 136 Å². The molecule has 0 heterocycles. The van der Waals surface area contributed by atoms with Crippen molar-refractivity contribution in [1.29, 1.82) is 0 Å². The lowest BCUT2D eigenvalue weighted by Crippen LogP contribution is -2.00. The maximum absolute atomic E-state index is 12.5. The van der Waals surface area contributed by atoms with E-state index >= 15 is 0 Å². The molecule has 0 atom stereocenters. The molecule has 2 rings (SSSR count). The molecule has 0 spiro atoms. The molecule has 0 aliphatic carbocycles. The van der Waals surface area contributed by atoms with Crippen molar-refractivity contribution in [3.8, 4) is 17.2 Å². The van der Waals surface area contributed by atoms with Gasteiger partial charge in [0.25, 0.3) is 0 Å². The van der Waals surface area contributed by atoms with Crippen LogP contribution in [0.4, 0.5) is 0 Å². The lowest BCUT2D eigenvalue weighted by atomic mass is 10.0. The van der Waals surface area contributed by atoms with Gasteiger partial charge in [0.15, 0.2) is 5.78 Å². The van der Waals surface area contributed by atoms with Crippen LogP contribution in [0.3, 0.4) is 0 Å². The van der Waals surface area contributed by atoms with E-state index in [0.29, 0.717) is 5.75 Å². The molecule has 0 radical (unpaired) electrons. The summed E-state index contributed by atoms with van der Waals surface area (Å²) in [6.45, 7) is 2.06. The van der Waals surface area contributed by atoms with E-state index in [1.54, 1.807) is 12.1 Å². The van der Waals surface area contributed by atoms with Crippen molar-refractivity contribution in [2.24, 2.45) is 0 Å². The quantitative estimate of drug-likeness (QED) is 0.650. The zero-order chi connectivity index (χ0) is 16.8. The molecule has 120 valence electrons. The Hall–Kier alpha value is -2.75. The van der Waals surface area contributed by atoms with Crippen LogP contribution in [0.1, 0.15) is 28.4 Å².